The van der Waals surface area contributed by atoms with Gasteiger partial charge in [-0.3, -0.25) is 0 Å². The molecule has 0 saturated heterocycles. The molecule has 144 valence electrons. The van der Waals surface area contributed by atoms with E-state index in [0.29, 0.717) is 0 Å². The van der Waals surface area contributed by atoms with Crippen LogP contribution >= 0.6 is 0 Å². The van der Waals surface area contributed by atoms with E-state index in [2.05, 4.69) is 91.1 Å². The van der Waals surface area contributed by atoms with Gasteiger partial charge in [-0.15, -0.1) is 0 Å². The highest BCUT2D eigenvalue weighted by molar-refractivity contribution is 6.15. The number of aryl methyl sites for hydroxylation is 5. The zero-order chi connectivity index (χ0) is 20.5. The third-order valence-electron chi connectivity index (χ3n) is 7.30. The molecule has 0 atom stereocenters. The van der Waals surface area contributed by atoms with Crippen LogP contribution in [0.1, 0.15) is 50.1 Å². The Kier molecular flexibility index (Phi) is 4.19. The summed E-state index contributed by atoms with van der Waals surface area (Å²) in [5, 5.41) is 2.86. The van der Waals surface area contributed by atoms with Gasteiger partial charge in [0.2, 0.25) is 0 Å². The molecule has 0 saturated carbocycles. The van der Waals surface area contributed by atoms with Crippen LogP contribution in [0, 0.1) is 62.3 Å². The van der Waals surface area contributed by atoms with E-state index in [1.807, 2.05) is 0 Å². The topological polar surface area (TPSA) is 4.93 Å². The van der Waals surface area contributed by atoms with Crippen molar-refractivity contribution in [3.8, 4) is 5.69 Å². The van der Waals surface area contributed by atoms with Gasteiger partial charge in [0.05, 0.1) is 11.0 Å². The normalized spacial score (nSPS) is 11.8. The molecule has 0 N–H and O–H groups in total. The second-order valence-electron chi connectivity index (χ2n) is 8.62. The minimum atomic E-state index is 1.25. The highest BCUT2D eigenvalue weighted by Crippen LogP contribution is 2.43. The molecule has 0 aliphatic heterocycles. The Morgan fingerprint density at radius 2 is 0.786 bits per heavy atom. The van der Waals surface area contributed by atoms with E-state index >= 15 is 0 Å². The first-order valence-corrected chi connectivity index (χ1v) is 10.2. The summed E-state index contributed by atoms with van der Waals surface area (Å²) in [6, 6.07) is 8.98. The Hall–Kier alpha value is -2.54. The summed E-state index contributed by atoms with van der Waals surface area (Å²) in [6.07, 6.45) is 0. The minimum Gasteiger partial charge on any atom is -0.309 e. The average Bonchev–Trinajstić information content (AvgIpc) is 3.04. The molecule has 4 aromatic rings. The van der Waals surface area contributed by atoms with E-state index in [1.54, 1.807) is 0 Å². The fraction of sp³-hybridized carbons (Fsp3) is 0.333. The molecule has 0 bridgehead atoms. The Balaban J connectivity index is 2.41. The molecule has 0 aliphatic carbocycles. The number of hydrogen-bond acceptors (Lipinski definition) is 0. The second kappa shape index (κ2) is 6.24. The van der Waals surface area contributed by atoms with E-state index in [9.17, 15) is 0 Å². The lowest BCUT2D eigenvalue weighted by Crippen LogP contribution is -2.01. The Morgan fingerprint density at radius 1 is 0.429 bits per heavy atom. The SMILES string of the molecule is Cc1ccc(-n2c3c(C)c(C)c(C)c(C)c3c3c(C)c(C)c(C)c(C)c32)cc1. The van der Waals surface area contributed by atoms with E-state index in [0.717, 1.165) is 0 Å². The van der Waals surface area contributed by atoms with Crippen molar-refractivity contribution in [3.63, 3.8) is 0 Å². The third-order valence-corrected chi connectivity index (χ3v) is 7.30. The molecular weight excluding hydrogens is 338 g/mol. The molecular formula is C27H31N. The molecule has 0 amide bonds. The van der Waals surface area contributed by atoms with Crippen LogP contribution in [0.5, 0.6) is 0 Å². The van der Waals surface area contributed by atoms with E-state index in [-0.39, 0.29) is 0 Å². The van der Waals surface area contributed by atoms with Crippen molar-refractivity contribution in [3.05, 3.63) is 74.3 Å². The molecule has 0 spiro atoms. The van der Waals surface area contributed by atoms with E-state index in [4.69, 9.17) is 0 Å². The first kappa shape index (κ1) is 18.8. The molecule has 4 rings (SSSR count). The highest BCUT2D eigenvalue weighted by Gasteiger charge is 2.23. The maximum Gasteiger partial charge on any atom is 0.0575 e. The number of fused-ring (bicyclic) bond motifs is 3. The van der Waals surface area contributed by atoms with Gasteiger partial charge in [0, 0.05) is 16.5 Å². The molecule has 3 aromatic carbocycles. The van der Waals surface area contributed by atoms with Gasteiger partial charge in [0.15, 0.2) is 0 Å². The lowest BCUT2D eigenvalue weighted by atomic mass is 9.90. The molecule has 28 heavy (non-hydrogen) atoms. The van der Waals surface area contributed by atoms with Gasteiger partial charge in [0.1, 0.15) is 0 Å². The molecule has 0 aliphatic rings. The van der Waals surface area contributed by atoms with Crippen molar-refractivity contribution < 1.29 is 0 Å². The summed E-state index contributed by atoms with van der Waals surface area (Å²) in [4.78, 5) is 0. The lowest BCUT2D eigenvalue weighted by Gasteiger charge is -2.16. The summed E-state index contributed by atoms with van der Waals surface area (Å²) in [5.74, 6) is 0. The van der Waals surface area contributed by atoms with Gasteiger partial charge in [-0.25, -0.2) is 0 Å². The molecule has 1 aromatic heterocycles. The maximum atomic E-state index is 2.52. The predicted octanol–water partition coefficient (Wildman–Crippen LogP) is 7.56. The summed E-state index contributed by atoms with van der Waals surface area (Å²) in [5.41, 5.74) is 16.6. The van der Waals surface area contributed by atoms with Crippen molar-refractivity contribution >= 4 is 21.8 Å². The Morgan fingerprint density at radius 3 is 1.18 bits per heavy atom. The smallest absolute Gasteiger partial charge is 0.0575 e. The molecule has 0 radical (unpaired) electrons. The Labute approximate surface area is 169 Å². The van der Waals surface area contributed by atoms with Gasteiger partial charge in [-0.1, -0.05) is 17.7 Å². The number of benzene rings is 3. The third kappa shape index (κ3) is 2.32. The van der Waals surface area contributed by atoms with Crippen molar-refractivity contribution in [1.82, 2.24) is 4.57 Å². The van der Waals surface area contributed by atoms with Crippen LogP contribution in [-0.4, -0.2) is 4.57 Å². The number of rotatable bonds is 1. The molecule has 1 heterocycles. The van der Waals surface area contributed by atoms with Gasteiger partial charge in [0.25, 0.3) is 0 Å². The van der Waals surface area contributed by atoms with Crippen molar-refractivity contribution in [2.45, 2.75) is 62.3 Å². The van der Waals surface area contributed by atoms with E-state index in [1.165, 1.54) is 77.6 Å². The fourth-order valence-corrected chi connectivity index (χ4v) is 4.82. The van der Waals surface area contributed by atoms with Crippen molar-refractivity contribution in [2.75, 3.05) is 0 Å². The fourth-order valence-electron chi connectivity index (χ4n) is 4.82. The van der Waals surface area contributed by atoms with Crippen LogP contribution in [0.3, 0.4) is 0 Å². The van der Waals surface area contributed by atoms with Gasteiger partial charge in [-0.2, -0.15) is 0 Å². The number of aromatic nitrogens is 1. The maximum absolute atomic E-state index is 2.52. The van der Waals surface area contributed by atoms with Gasteiger partial charge in [-0.05, 0) is 119 Å². The molecule has 0 fully saturated rings. The Bertz CT molecular complexity index is 1190. The van der Waals surface area contributed by atoms with Crippen LogP contribution in [0.25, 0.3) is 27.5 Å². The monoisotopic (exact) mass is 369 g/mol. The predicted molar refractivity (Wildman–Crippen MR) is 123 cm³/mol. The van der Waals surface area contributed by atoms with Crippen LogP contribution in [0.2, 0.25) is 0 Å². The average molecular weight is 370 g/mol. The summed E-state index contributed by atoms with van der Waals surface area (Å²) < 4.78 is 2.52. The molecule has 1 nitrogen and oxygen atoms in total. The van der Waals surface area contributed by atoms with E-state index < -0.39 is 0 Å². The van der Waals surface area contributed by atoms with Crippen molar-refractivity contribution in [2.24, 2.45) is 0 Å². The summed E-state index contributed by atoms with van der Waals surface area (Å²) >= 11 is 0. The van der Waals surface area contributed by atoms with Crippen LogP contribution < -0.4 is 0 Å². The van der Waals surface area contributed by atoms with Crippen molar-refractivity contribution in [1.29, 1.82) is 0 Å². The van der Waals surface area contributed by atoms with Gasteiger partial charge < -0.3 is 4.57 Å². The quantitative estimate of drug-likeness (QED) is 0.326. The zero-order valence-electron chi connectivity index (χ0n) is 18.8. The standard InChI is InChI=1S/C27H31N/c1-14-10-12-23(13-11-14)28-26-21(8)17(4)15(2)19(6)24(26)25-20(7)16(3)18(5)22(9)27(25)28/h10-13H,1-9H3. The number of nitrogens with zero attached hydrogens (tertiary/aromatic N) is 1. The largest absolute Gasteiger partial charge is 0.309 e. The minimum absolute atomic E-state index is 1.25. The zero-order valence-corrected chi connectivity index (χ0v) is 18.8. The summed E-state index contributed by atoms with van der Waals surface area (Å²) in [7, 11) is 0. The molecule has 0 unspecified atom stereocenters. The van der Waals surface area contributed by atoms with Gasteiger partial charge >= 0.3 is 0 Å². The lowest BCUT2D eigenvalue weighted by molar-refractivity contribution is 1.13. The van der Waals surface area contributed by atoms with Crippen LogP contribution in [0.15, 0.2) is 24.3 Å². The van der Waals surface area contributed by atoms with Crippen LogP contribution in [-0.2, 0) is 0 Å². The first-order chi connectivity index (χ1) is 13.2. The second-order valence-corrected chi connectivity index (χ2v) is 8.62. The summed E-state index contributed by atoms with van der Waals surface area (Å²) in [6.45, 7) is 20.4. The number of hydrogen-bond donors (Lipinski definition) is 0. The first-order valence-electron chi connectivity index (χ1n) is 10.2. The molecule has 1 heteroatoms. The van der Waals surface area contributed by atoms with Crippen LogP contribution in [0.4, 0.5) is 0 Å². The highest BCUT2D eigenvalue weighted by atomic mass is 15.0.